The Kier molecular flexibility index (Phi) is 4.39. The van der Waals surface area contributed by atoms with Crippen molar-refractivity contribution in [2.75, 3.05) is 0 Å². The molecule has 0 radical (unpaired) electrons. The minimum atomic E-state index is -0.766. The van der Waals surface area contributed by atoms with E-state index in [-0.39, 0.29) is 18.1 Å². The standard InChI is InChI=1S/C24H31N3O4/c1-14-5-8-17(9-6-14)20-13-27(26-25-20)21-16(3)19-10-7-15(2)18-11-12-23(4)29-22(28-21)24(18,19)31-30-23/h5-6,8-9,13,15-16,18-19,21-22H,7,10-12H2,1-4H3/t15-,16+,18+,19+,21+,22-,23+,24-/m1/s1. The van der Waals surface area contributed by atoms with Crippen LogP contribution in [0.25, 0.3) is 11.3 Å². The number of aromatic nitrogens is 3. The summed E-state index contributed by atoms with van der Waals surface area (Å²) >= 11 is 0. The van der Waals surface area contributed by atoms with Crippen molar-refractivity contribution in [3.8, 4) is 11.3 Å². The van der Waals surface area contributed by atoms with E-state index in [1.807, 2.05) is 17.8 Å². The Morgan fingerprint density at radius 2 is 1.84 bits per heavy atom. The van der Waals surface area contributed by atoms with Crippen LogP contribution in [-0.2, 0) is 19.2 Å². The molecule has 0 amide bonds. The monoisotopic (exact) mass is 425 g/mol. The van der Waals surface area contributed by atoms with E-state index in [1.165, 1.54) is 12.0 Å². The number of nitrogens with zero attached hydrogens (tertiary/aromatic N) is 3. The summed E-state index contributed by atoms with van der Waals surface area (Å²) in [5.74, 6) is 0.611. The molecule has 0 unspecified atom stereocenters. The number of hydrogen-bond donors (Lipinski definition) is 0. The molecular weight excluding hydrogens is 394 g/mol. The molecule has 1 aliphatic carbocycles. The summed E-state index contributed by atoms with van der Waals surface area (Å²) < 4.78 is 15.0. The normalized spacial score (nSPS) is 44.0. The lowest BCUT2D eigenvalue weighted by Gasteiger charge is -2.60. The molecule has 5 aliphatic rings. The van der Waals surface area contributed by atoms with Gasteiger partial charge in [0.05, 0.1) is 6.20 Å². The zero-order valence-electron chi connectivity index (χ0n) is 18.7. The molecule has 1 spiro atoms. The fourth-order valence-corrected chi connectivity index (χ4v) is 6.45. The molecule has 4 saturated heterocycles. The predicted octanol–water partition coefficient (Wildman–Crippen LogP) is 4.63. The van der Waals surface area contributed by atoms with E-state index >= 15 is 0 Å². The van der Waals surface area contributed by atoms with Crippen molar-refractivity contribution in [1.29, 1.82) is 0 Å². The number of aryl methyl sites for hydroxylation is 1. The molecule has 2 aromatic rings. The van der Waals surface area contributed by atoms with Crippen molar-refractivity contribution in [2.45, 2.75) is 77.3 Å². The van der Waals surface area contributed by atoms with Gasteiger partial charge in [-0.15, -0.1) is 5.10 Å². The van der Waals surface area contributed by atoms with Gasteiger partial charge >= 0.3 is 0 Å². The molecule has 0 N–H and O–H groups in total. The highest BCUT2D eigenvalue weighted by molar-refractivity contribution is 5.57. The predicted molar refractivity (Wildman–Crippen MR) is 112 cm³/mol. The molecule has 7 heteroatoms. The Labute approximate surface area is 182 Å². The minimum Gasteiger partial charge on any atom is -0.324 e. The molecule has 2 bridgehead atoms. The fourth-order valence-electron chi connectivity index (χ4n) is 6.45. The van der Waals surface area contributed by atoms with Crippen molar-refractivity contribution in [2.24, 2.45) is 23.7 Å². The second kappa shape index (κ2) is 6.85. The summed E-state index contributed by atoms with van der Waals surface area (Å²) in [7, 11) is 0. The van der Waals surface area contributed by atoms with E-state index in [0.717, 1.165) is 30.5 Å². The highest BCUT2D eigenvalue weighted by Gasteiger charge is 2.69. The summed E-state index contributed by atoms with van der Waals surface area (Å²) in [6.07, 6.45) is 5.36. The van der Waals surface area contributed by atoms with Gasteiger partial charge in [-0.1, -0.05) is 48.9 Å². The number of fused-ring (bicyclic) bond motifs is 2. The Bertz CT molecular complexity index is 977. The molecule has 8 atom stereocenters. The van der Waals surface area contributed by atoms with Crippen LogP contribution in [0.1, 0.15) is 58.2 Å². The van der Waals surface area contributed by atoms with Gasteiger partial charge in [0, 0.05) is 23.8 Å². The van der Waals surface area contributed by atoms with Crippen LogP contribution >= 0.6 is 0 Å². The Hall–Kier alpha value is -1.80. The van der Waals surface area contributed by atoms with Crippen LogP contribution in [0.2, 0.25) is 0 Å². The molecule has 7 rings (SSSR count). The van der Waals surface area contributed by atoms with Gasteiger partial charge in [0.2, 0.25) is 5.79 Å². The summed E-state index contributed by atoms with van der Waals surface area (Å²) in [4.78, 5) is 12.1. The van der Waals surface area contributed by atoms with Crippen LogP contribution in [-0.4, -0.2) is 32.7 Å². The first-order valence-electron chi connectivity index (χ1n) is 11.6. The average Bonchev–Trinajstić information content (AvgIpc) is 3.13. The first-order chi connectivity index (χ1) is 14.9. The molecule has 4 aliphatic heterocycles. The van der Waals surface area contributed by atoms with Crippen molar-refractivity contribution in [3.63, 3.8) is 0 Å². The SMILES string of the molecule is Cc1ccc(-c2cn([C@H]3O[C@@H]4O[C@]5(C)CC[C@H]6[C@H](C)CC[C@@H]([C@@H]3C)[C@@]46OO5)nn2)cc1. The van der Waals surface area contributed by atoms with E-state index in [2.05, 4.69) is 55.3 Å². The van der Waals surface area contributed by atoms with Gasteiger partial charge in [0.15, 0.2) is 18.1 Å². The van der Waals surface area contributed by atoms with Crippen molar-refractivity contribution < 1.29 is 19.2 Å². The van der Waals surface area contributed by atoms with Crippen LogP contribution in [0, 0.1) is 30.6 Å². The van der Waals surface area contributed by atoms with E-state index < -0.39 is 17.7 Å². The summed E-state index contributed by atoms with van der Waals surface area (Å²) in [6, 6.07) is 8.34. The quantitative estimate of drug-likeness (QED) is 0.654. The van der Waals surface area contributed by atoms with Crippen LogP contribution in [0.4, 0.5) is 0 Å². The molecule has 166 valence electrons. The average molecular weight is 426 g/mol. The highest BCUT2D eigenvalue weighted by atomic mass is 17.3. The number of benzene rings is 1. The van der Waals surface area contributed by atoms with Crippen LogP contribution in [0.3, 0.4) is 0 Å². The van der Waals surface area contributed by atoms with Gasteiger partial charge in [-0.25, -0.2) is 14.5 Å². The first-order valence-corrected chi connectivity index (χ1v) is 11.6. The van der Waals surface area contributed by atoms with Crippen molar-refractivity contribution >= 4 is 0 Å². The van der Waals surface area contributed by atoms with Crippen molar-refractivity contribution in [1.82, 2.24) is 15.0 Å². The molecule has 1 aromatic heterocycles. The molecule has 31 heavy (non-hydrogen) atoms. The molecule has 5 heterocycles. The van der Waals surface area contributed by atoms with Crippen LogP contribution in [0.15, 0.2) is 30.5 Å². The van der Waals surface area contributed by atoms with E-state index in [9.17, 15) is 0 Å². The van der Waals surface area contributed by atoms with E-state index in [1.54, 1.807) is 0 Å². The van der Waals surface area contributed by atoms with Gasteiger partial charge in [-0.2, -0.15) is 0 Å². The maximum atomic E-state index is 6.64. The van der Waals surface area contributed by atoms with E-state index in [4.69, 9.17) is 19.2 Å². The van der Waals surface area contributed by atoms with Crippen LogP contribution < -0.4 is 0 Å². The fraction of sp³-hybridized carbons (Fsp3) is 0.667. The zero-order chi connectivity index (χ0) is 21.4. The third kappa shape index (κ3) is 2.86. The zero-order valence-corrected chi connectivity index (χ0v) is 18.7. The van der Waals surface area contributed by atoms with Gasteiger partial charge in [-0.05, 0) is 44.9 Å². The summed E-state index contributed by atoms with van der Waals surface area (Å²) in [6.45, 7) is 8.61. The van der Waals surface area contributed by atoms with Crippen LogP contribution in [0.5, 0.6) is 0 Å². The smallest absolute Gasteiger partial charge is 0.201 e. The third-order valence-corrected chi connectivity index (χ3v) is 8.24. The molecule has 5 fully saturated rings. The summed E-state index contributed by atoms with van der Waals surface area (Å²) in [5, 5.41) is 8.90. The van der Waals surface area contributed by atoms with Gasteiger partial charge in [-0.3, -0.25) is 0 Å². The lowest BCUT2D eigenvalue weighted by molar-refractivity contribution is -0.574. The summed E-state index contributed by atoms with van der Waals surface area (Å²) in [5.41, 5.74) is 2.57. The Morgan fingerprint density at radius 3 is 2.65 bits per heavy atom. The Morgan fingerprint density at radius 1 is 1.03 bits per heavy atom. The number of rotatable bonds is 2. The molecular formula is C24H31N3O4. The minimum absolute atomic E-state index is 0.188. The third-order valence-electron chi connectivity index (χ3n) is 8.24. The van der Waals surface area contributed by atoms with E-state index in [0.29, 0.717) is 11.8 Å². The molecule has 7 nitrogen and oxygen atoms in total. The molecule has 1 saturated carbocycles. The van der Waals surface area contributed by atoms with Gasteiger partial charge in [0.25, 0.3) is 0 Å². The maximum Gasteiger partial charge on any atom is 0.201 e. The van der Waals surface area contributed by atoms with Gasteiger partial charge < -0.3 is 9.47 Å². The van der Waals surface area contributed by atoms with Gasteiger partial charge in [0.1, 0.15) is 5.69 Å². The maximum absolute atomic E-state index is 6.64. The molecule has 1 aromatic carbocycles. The number of ether oxygens (including phenoxy) is 2. The lowest BCUT2D eigenvalue weighted by atomic mass is 9.58. The topological polar surface area (TPSA) is 67.6 Å². The highest BCUT2D eigenvalue weighted by Crippen LogP contribution is 2.61. The first kappa shape index (κ1) is 19.9. The van der Waals surface area contributed by atoms with Crippen molar-refractivity contribution in [3.05, 3.63) is 36.0 Å². The largest absolute Gasteiger partial charge is 0.324 e. The second-order valence-corrected chi connectivity index (χ2v) is 10.2. The lowest BCUT2D eigenvalue weighted by Crippen LogP contribution is -2.69. The number of hydrogen-bond acceptors (Lipinski definition) is 6. The Balaban J connectivity index is 1.36. The second-order valence-electron chi connectivity index (χ2n) is 10.2.